The molecule has 0 atom stereocenters. The summed E-state index contributed by atoms with van der Waals surface area (Å²) in [5, 5.41) is 7.09. The minimum atomic E-state index is -0.210. The van der Waals surface area contributed by atoms with Gasteiger partial charge in [-0.2, -0.15) is 0 Å². The lowest BCUT2D eigenvalue weighted by molar-refractivity contribution is -0.122. The lowest BCUT2D eigenvalue weighted by atomic mass is 10.3. The number of benzene rings is 1. The molecule has 0 radical (unpaired) electrons. The van der Waals surface area contributed by atoms with Gasteiger partial charge in [0, 0.05) is 18.8 Å². The van der Waals surface area contributed by atoms with E-state index >= 15 is 0 Å². The van der Waals surface area contributed by atoms with Crippen LogP contribution in [0, 0.1) is 0 Å². The van der Waals surface area contributed by atoms with Crippen LogP contribution < -0.4 is 15.4 Å². The van der Waals surface area contributed by atoms with Gasteiger partial charge in [-0.25, -0.2) is 0 Å². The van der Waals surface area contributed by atoms with Crippen molar-refractivity contribution in [2.75, 3.05) is 19.0 Å². The predicted octanol–water partition coefficient (Wildman–Crippen LogP) is 2.13. The molecule has 0 fully saturated rings. The number of anilines is 1. The average Bonchev–Trinajstić information content (AvgIpc) is 2.99. The van der Waals surface area contributed by atoms with Gasteiger partial charge >= 0.3 is 0 Å². The smallest absolute Gasteiger partial charge is 0.265 e. The molecule has 20 heavy (non-hydrogen) atoms. The van der Waals surface area contributed by atoms with Crippen molar-refractivity contribution in [1.82, 2.24) is 5.32 Å². The molecule has 0 aliphatic carbocycles. The summed E-state index contributed by atoms with van der Waals surface area (Å²) >= 11 is 1.38. The third kappa shape index (κ3) is 3.83. The van der Waals surface area contributed by atoms with E-state index in [1.165, 1.54) is 11.3 Å². The summed E-state index contributed by atoms with van der Waals surface area (Å²) in [6.45, 7) is -0.0567. The van der Waals surface area contributed by atoms with Crippen LogP contribution in [-0.2, 0) is 4.79 Å². The Morgan fingerprint density at radius 3 is 2.80 bits per heavy atom. The standard InChI is InChI=1S/C14H14N2O3S/c1-15-13(17)9-19-11-5-2-4-10(8-11)16-14(18)12-6-3-7-20-12/h2-8H,9H2,1H3,(H,15,17)(H,16,18). The fraction of sp³-hybridized carbons (Fsp3) is 0.143. The molecule has 0 spiro atoms. The molecule has 1 aromatic carbocycles. The summed E-state index contributed by atoms with van der Waals surface area (Å²) in [7, 11) is 1.55. The number of nitrogens with one attached hydrogen (secondary N) is 2. The Morgan fingerprint density at radius 2 is 2.10 bits per heavy atom. The van der Waals surface area contributed by atoms with Gasteiger partial charge in [-0.3, -0.25) is 9.59 Å². The number of likely N-dealkylation sites (N-methyl/N-ethyl adjacent to an activating group) is 1. The van der Waals surface area contributed by atoms with E-state index in [1.807, 2.05) is 11.4 Å². The summed E-state index contributed by atoms with van der Waals surface area (Å²) in [6, 6.07) is 10.5. The maximum Gasteiger partial charge on any atom is 0.265 e. The van der Waals surface area contributed by atoms with Crippen LogP contribution in [0.1, 0.15) is 9.67 Å². The van der Waals surface area contributed by atoms with Crippen molar-refractivity contribution in [3.63, 3.8) is 0 Å². The van der Waals surface area contributed by atoms with Crippen LogP contribution in [0.2, 0.25) is 0 Å². The van der Waals surface area contributed by atoms with Gasteiger partial charge in [-0.05, 0) is 23.6 Å². The highest BCUT2D eigenvalue weighted by Gasteiger charge is 2.07. The van der Waals surface area contributed by atoms with Crippen molar-refractivity contribution in [2.24, 2.45) is 0 Å². The zero-order valence-electron chi connectivity index (χ0n) is 10.9. The Hall–Kier alpha value is -2.34. The molecule has 2 rings (SSSR count). The van der Waals surface area contributed by atoms with Crippen molar-refractivity contribution in [1.29, 1.82) is 0 Å². The van der Waals surface area contributed by atoms with Crippen LogP contribution in [0.4, 0.5) is 5.69 Å². The Morgan fingerprint density at radius 1 is 1.25 bits per heavy atom. The third-order valence-electron chi connectivity index (χ3n) is 2.49. The normalized spacial score (nSPS) is 9.85. The summed E-state index contributed by atoms with van der Waals surface area (Å²) in [5.41, 5.74) is 0.623. The predicted molar refractivity (Wildman–Crippen MR) is 78.3 cm³/mol. The highest BCUT2D eigenvalue weighted by molar-refractivity contribution is 7.12. The minimum Gasteiger partial charge on any atom is -0.484 e. The van der Waals surface area contributed by atoms with Gasteiger partial charge in [0.15, 0.2) is 6.61 Å². The molecule has 1 aromatic heterocycles. The van der Waals surface area contributed by atoms with E-state index in [2.05, 4.69) is 10.6 Å². The van der Waals surface area contributed by atoms with E-state index in [9.17, 15) is 9.59 Å². The molecular weight excluding hydrogens is 276 g/mol. The zero-order valence-corrected chi connectivity index (χ0v) is 11.7. The summed E-state index contributed by atoms with van der Waals surface area (Å²) < 4.78 is 5.31. The number of thiophene rings is 1. The van der Waals surface area contributed by atoms with Crippen LogP contribution >= 0.6 is 11.3 Å². The summed E-state index contributed by atoms with van der Waals surface area (Å²) in [4.78, 5) is 23.6. The maximum atomic E-state index is 11.9. The van der Waals surface area contributed by atoms with Crippen molar-refractivity contribution >= 4 is 28.8 Å². The van der Waals surface area contributed by atoms with Gasteiger partial charge in [0.25, 0.3) is 11.8 Å². The molecule has 104 valence electrons. The molecule has 0 bridgehead atoms. The van der Waals surface area contributed by atoms with E-state index in [-0.39, 0.29) is 18.4 Å². The lowest BCUT2D eigenvalue weighted by Crippen LogP contribution is -2.24. The number of amides is 2. The third-order valence-corrected chi connectivity index (χ3v) is 3.35. The summed E-state index contributed by atoms with van der Waals surface area (Å²) in [6.07, 6.45) is 0. The van der Waals surface area contributed by atoms with Gasteiger partial charge < -0.3 is 15.4 Å². The molecule has 2 amide bonds. The molecule has 1 heterocycles. The first kappa shape index (κ1) is 14.1. The van der Waals surface area contributed by atoms with Gasteiger partial charge in [0.1, 0.15) is 5.75 Å². The Kier molecular flexibility index (Phi) is 4.73. The Balaban J connectivity index is 1.99. The van der Waals surface area contributed by atoms with Gasteiger partial charge in [0.2, 0.25) is 0 Å². The molecule has 0 saturated heterocycles. The van der Waals surface area contributed by atoms with Crippen molar-refractivity contribution in [3.05, 3.63) is 46.7 Å². The molecule has 0 saturated carbocycles. The quantitative estimate of drug-likeness (QED) is 0.886. The molecule has 6 heteroatoms. The minimum absolute atomic E-state index is 0.0567. The molecular formula is C14H14N2O3S. The Labute approximate surface area is 120 Å². The molecule has 2 aromatic rings. The second-order valence-corrected chi connectivity index (χ2v) is 4.87. The van der Waals surface area contributed by atoms with Crippen LogP contribution in [0.5, 0.6) is 5.75 Å². The highest BCUT2D eigenvalue weighted by Crippen LogP contribution is 2.19. The first-order valence-electron chi connectivity index (χ1n) is 5.97. The fourth-order valence-corrected chi connectivity index (χ4v) is 2.10. The van der Waals surface area contributed by atoms with Crippen LogP contribution in [0.3, 0.4) is 0 Å². The second-order valence-electron chi connectivity index (χ2n) is 3.92. The number of hydrogen-bond donors (Lipinski definition) is 2. The van der Waals surface area contributed by atoms with Gasteiger partial charge in [-0.1, -0.05) is 12.1 Å². The first-order valence-corrected chi connectivity index (χ1v) is 6.85. The fourth-order valence-electron chi connectivity index (χ4n) is 1.49. The van der Waals surface area contributed by atoms with Crippen LogP contribution in [0.25, 0.3) is 0 Å². The number of ether oxygens (including phenoxy) is 1. The first-order chi connectivity index (χ1) is 9.69. The van der Waals surface area contributed by atoms with E-state index in [1.54, 1.807) is 37.4 Å². The van der Waals surface area contributed by atoms with Gasteiger partial charge in [0.05, 0.1) is 4.88 Å². The van der Waals surface area contributed by atoms with E-state index < -0.39 is 0 Å². The Bertz CT molecular complexity index is 596. The lowest BCUT2D eigenvalue weighted by Gasteiger charge is -2.08. The van der Waals surface area contributed by atoms with Crippen molar-refractivity contribution in [2.45, 2.75) is 0 Å². The number of hydrogen-bond acceptors (Lipinski definition) is 4. The number of rotatable bonds is 5. The van der Waals surface area contributed by atoms with E-state index in [0.29, 0.717) is 16.3 Å². The second kappa shape index (κ2) is 6.72. The summed E-state index contributed by atoms with van der Waals surface area (Å²) in [5.74, 6) is 0.152. The molecule has 0 unspecified atom stereocenters. The topological polar surface area (TPSA) is 67.4 Å². The molecule has 0 aliphatic heterocycles. The van der Waals surface area contributed by atoms with Gasteiger partial charge in [-0.15, -0.1) is 11.3 Å². The maximum absolute atomic E-state index is 11.9. The van der Waals surface area contributed by atoms with E-state index in [4.69, 9.17) is 4.74 Å². The number of carbonyl (C=O) groups is 2. The highest BCUT2D eigenvalue weighted by atomic mass is 32.1. The van der Waals surface area contributed by atoms with Crippen LogP contribution in [-0.4, -0.2) is 25.5 Å². The van der Waals surface area contributed by atoms with E-state index in [0.717, 1.165) is 0 Å². The van der Waals surface area contributed by atoms with Crippen molar-refractivity contribution < 1.29 is 14.3 Å². The average molecular weight is 290 g/mol. The van der Waals surface area contributed by atoms with Crippen molar-refractivity contribution in [3.8, 4) is 5.75 Å². The molecule has 2 N–H and O–H groups in total. The largest absolute Gasteiger partial charge is 0.484 e. The molecule has 0 aliphatic rings. The number of carbonyl (C=O) groups excluding carboxylic acids is 2. The molecule has 5 nitrogen and oxygen atoms in total. The monoisotopic (exact) mass is 290 g/mol. The SMILES string of the molecule is CNC(=O)COc1cccc(NC(=O)c2cccs2)c1. The van der Waals surface area contributed by atoms with Crippen LogP contribution in [0.15, 0.2) is 41.8 Å². The zero-order chi connectivity index (χ0) is 14.4.